The van der Waals surface area contributed by atoms with E-state index in [0.29, 0.717) is 25.9 Å². The Kier molecular flexibility index (Phi) is 7.79. The highest BCUT2D eigenvalue weighted by Crippen LogP contribution is 2.28. The van der Waals surface area contributed by atoms with E-state index >= 15 is 0 Å². The van der Waals surface area contributed by atoms with Gasteiger partial charge in [-0.2, -0.15) is 0 Å². The van der Waals surface area contributed by atoms with Gasteiger partial charge in [-0.25, -0.2) is 0 Å². The molecule has 5 N–H and O–H groups in total. The van der Waals surface area contributed by atoms with Crippen LogP contribution in [0.25, 0.3) is 0 Å². The fourth-order valence-corrected chi connectivity index (χ4v) is 2.88. The van der Waals surface area contributed by atoms with Crippen LogP contribution >= 0.6 is 0 Å². The summed E-state index contributed by atoms with van der Waals surface area (Å²) < 4.78 is 21.9. The average molecular weight is 352 g/mol. The molecule has 2 fully saturated rings. The van der Waals surface area contributed by atoms with Crippen LogP contribution in [0.15, 0.2) is 0 Å². The Morgan fingerprint density at radius 1 is 0.958 bits per heavy atom. The monoisotopic (exact) mass is 352 g/mol. The maximum atomic E-state index is 10.3. The maximum absolute atomic E-state index is 10.3. The number of hydrogen-bond acceptors (Lipinski definition) is 9. The highest BCUT2D eigenvalue weighted by atomic mass is 16.7. The summed E-state index contributed by atoms with van der Waals surface area (Å²) in [6.07, 6.45) is -6.53. The average Bonchev–Trinajstić information content (AvgIpc) is 2.59. The third-order valence-electron chi connectivity index (χ3n) is 4.25. The Hall–Kier alpha value is -0.360. The molecule has 9 nitrogen and oxygen atoms in total. The lowest BCUT2D eigenvalue weighted by Gasteiger charge is -2.44. The van der Waals surface area contributed by atoms with Crippen molar-refractivity contribution in [3.8, 4) is 0 Å². The van der Waals surface area contributed by atoms with Crippen molar-refractivity contribution in [3.63, 3.8) is 0 Å². The van der Waals surface area contributed by atoms with Gasteiger partial charge in [0.25, 0.3) is 0 Å². The molecule has 2 rings (SSSR count). The summed E-state index contributed by atoms with van der Waals surface area (Å²) in [7, 11) is 0. The van der Waals surface area contributed by atoms with Crippen LogP contribution in [-0.2, 0) is 18.9 Å². The molecule has 2 saturated heterocycles. The van der Waals surface area contributed by atoms with Crippen LogP contribution in [0.5, 0.6) is 0 Å². The van der Waals surface area contributed by atoms with Crippen molar-refractivity contribution in [2.24, 2.45) is 0 Å². The second kappa shape index (κ2) is 9.37. The molecule has 8 unspecified atom stereocenters. The minimum atomic E-state index is -1.33. The molecule has 2 aliphatic heterocycles. The summed E-state index contributed by atoms with van der Waals surface area (Å²) in [6, 6.07) is 0. The fourth-order valence-electron chi connectivity index (χ4n) is 2.88. The van der Waals surface area contributed by atoms with Gasteiger partial charge in [0.15, 0.2) is 12.6 Å². The molecule has 2 aliphatic rings. The minimum Gasteiger partial charge on any atom is -0.394 e. The van der Waals surface area contributed by atoms with Gasteiger partial charge in [0.1, 0.15) is 30.5 Å². The van der Waals surface area contributed by atoms with E-state index in [1.165, 1.54) is 0 Å². The van der Waals surface area contributed by atoms with Gasteiger partial charge in [0, 0.05) is 13.0 Å². The third-order valence-corrected chi connectivity index (χ3v) is 4.25. The van der Waals surface area contributed by atoms with E-state index in [-0.39, 0.29) is 6.61 Å². The van der Waals surface area contributed by atoms with Crippen molar-refractivity contribution in [1.82, 2.24) is 0 Å². The number of hydrogen-bond donors (Lipinski definition) is 5. The number of rotatable bonds is 7. The topological polar surface area (TPSA) is 138 Å². The van der Waals surface area contributed by atoms with Gasteiger partial charge in [-0.3, -0.25) is 0 Å². The number of aliphatic hydroxyl groups is 5. The van der Waals surface area contributed by atoms with Crippen molar-refractivity contribution in [3.05, 3.63) is 0 Å². The van der Waals surface area contributed by atoms with Gasteiger partial charge in [-0.1, -0.05) is 6.92 Å². The Balaban J connectivity index is 1.98. The highest BCUT2D eigenvalue weighted by Gasteiger charge is 2.47. The Labute approximate surface area is 140 Å². The van der Waals surface area contributed by atoms with Gasteiger partial charge >= 0.3 is 0 Å². The quantitative estimate of drug-likeness (QED) is 0.355. The van der Waals surface area contributed by atoms with Crippen LogP contribution in [0.3, 0.4) is 0 Å². The van der Waals surface area contributed by atoms with Crippen molar-refractivity contribution in [2.75, 3.05) is 19.8 Å². The van der Waals surface area contributed by atoms with Crippen LogP contribution < -0.4 is 0 Å². The zero-order valence-corrected chi connectivity index (χ0v) is 13.7. The molecule has 9 heteroatoms. The normalized spacial score (nSPS) is 43.8. The van der Waals surface area contributed by atoms with Crippen molar-refractivity contribution in [1.29, 1.82) is 0 Å². The maximum Gasteiger partial charge on any atom is 0.186 e. The van der Waals surface area contributed by atoms with Crippen molar-refractivity contribution >= 4 is 0 Å². The van der Waals surface area contributed by atoms with E-state index in [2.05, 4.69) is 0 Å². The van der Waals surface area contributed by atoms with Crippen LogP contribution in [0, 0.1) is 0 Å². The zero-order chi connectivity index (χ0) is 17.7. The SMILES string of the molecule is CCCOC1OC(CO)C(OC2CCC(O)C(CO)O2)C(O)C1O. The fraction of sp³-hybridized carbons (Fsp3) is 1.00. The van der Waals surface area contributed by atoms with Gasteiger partial charge < -0.3 is 44.5 Å². The third kappa shape index (κ3) is 4.63. The van der Waals surface area contributed by atoms with Gasteiger partial charge in [0.2, 0.25) is 0 Å². The van der Waals surface area contributed by atoms with Gasteiger partial charge in [-0.15, -0.1) is 0 Å². The molecule has 0 aliphatic carbocycles. The molecule has 0 aromatic heterocycles. The molecule has 24 heavy (non-hydrogen) atoms. The van der Waals surface area contributed by atoms with Crippen molar-refractivity contribution in [2.45, 2.75) is 75.4 Å². The van der Waals surface area contributed by atoms with Gasteiger partial charge in [-0.05, 0) is 12.8 Å². The second-order valence-electron chi connectivity index (χ2n) is 6.11. The first-order valence-corrected chi connectivity index (χ1v) is 8.35. The molecular weight excluding hydrogens is 324 g/mol. The van der Waals surface area contributed by atoms with E-state index in [4.69, 9.17) is 18.9 Å². The summed E-state index contributed by atoms with van der Waals surface area (Å²) in [6.45, 7) is 1.45. The van der Waals surface area contributed by atoms with E-state index in [1.807, 2.05) is 6.92 Å². The minimum absolute atomic E-state index is 0.347. The Bertz CT molecular complexity index is 367. The molecule has 0 aromatic carbocycles. The largest absolute Gasteiger partial charge is 0.394 e. The summed E-state index contributed by atoms with van der Waals surface area (Å²) in [5.74, 6) is 0. The lowest BCUT2D eigenvalue weighted by atomic mass is 9.98. The summed E-state index contributed by atoms with van der Waals surface area (Å²) in [4.78, 5) is 0. The van der Waals surface area contributed by atoms with E-state index in [9.17, 15) is 25.5 Å². The summed E-state index contributed by atoms with van der Waals surface area (Å²) in [5.41, 5.74) is 0. The van der Waals surface area contributed by atoms with Crippen LogP contribution in [0.1, 0.15) is 26.2 Å². The standard InChI is InChI=1S/C15H28O9/c1-2-5-21-15-13(20)12(19)14(10(7-17)23-15)24-11-4-3-8(18)9(6-16)22-11/h8-20H,2-7H2,1H3. The molecule has 0 aromatic rings. The molecule has 2 heterocycles. The van der Waals surface area contributed by atoms with Crippen molar-refractivity contribution < 1.29 is 44.5 Å². The molecule has 0 amide bonds. The first-order valence-electron chi connectivity index (χ1n) is 8.35. The predicted octanol–water partition coefficient (Wildman–Crippen LogP) is -1.90. The summed E-state index contributed by atoms with van der Waals surface area (Å²) in [5, 5.41) is 48.8. The lowest BCUT2D eigenvalue weighted by Crippen LogP contribution is -2.61. The van der Waals surface area contributed by atoms with Crippen LogP contribution in [0.2, 0.25) is 0 Å². The van der Waals surface area contributed by atoms with E-state index in [1.54, 1.807) is 0 Å². The number of aliphatic hydroxyl groups excluding tert-OH is 5. The first-order chi connectivity index (χ1) is 11.5. The predicted molar refractivity (Wildman–Crippen MR) is 79.9 cm³/mol. The first kappa shape index (κ1) is 20.0. The lowest BCUT2D eigenvalue weighted by molar-refractivity contribution is -0.337. The molecule has 0 radical (unpaired) electrons. The van der Waals surface area contributed by atoms with E-state index in [0.717, 1.165) is 0 Å². The number of ether oxygens (including phenoxy) is 4. The molecule has 8 atom stereocenters. The molecule has 0 bridgehead atoms. The van der Waals surface area contributed by atoms with Gasteiger partial charge in [0.05, 0.1) is 19.3 Å². The van der Waals surface area contributed by atoms with Crippen LogP contribution in [-0.4, -0.2) is 94.6 Å². The molecule has 142 valence electrons. The highest BCUT2D eigenvalue weighted by molar-refractivity contribution is 4.91. The molecule has 0 spiro atoms. The summed E-state index contributed by atoms with van der Waals surface area (Å²) >= 11 is 0. The molecule has 0 saturated carbocycles. The Morgan fingerprint density at radius 3 is 2.29 bits per heavy atom. The van der Waals surface area contributed by atoms with Crippen LogP contribution in [0.4, 0.5) is 0 Å². The van der Waals surface area contributed by atoms with E-state index < -0.39 is 55.8 Å². The smallest absolute Gasteiger partial charge is 0.186 e. The zero-order valence-electron chi connectivity index (χ0n) is 13.7. The Morgan fingerprint density at radius 2 is 1.67 bits per heavy atom. The second-order valence-corrected chi connectivity index (χ2v) is 6.11. The molecular formula is C15H28O9.